The molecule has 3 rings (SSSR count). The molecule has 22 heavy (non-hydrogen) atoms. The summed E-state index contributed by atoms with van der Waals surface area (Å²) in [5.74, 6) is -0.0160. The summed E-state index contributed by atoms with van der Waals surface area (Å²) in [5.41, 5.74) is 1.87. The Morgan fingerprint density at radius 3 is 2.86 bits per heavy atom. The predicted molar refractivity (Wildman–Crippen MR) is 89.1 cm³/mol. The number of carboxylic acid groups (broad SMARTS) is 1. The Kier molecular flexibility index (Phi) is 4.13. The Bertz CT molecular complexity index is 835. The minimum Gasteiger partial charge on any atom is -0.488 e. The van der Waals surface area contributed by atoms with Gasteiger partial charge in [-0.1, -0.05) is 0 Å². The molecule has 0 saturated carbocycles. The van der Waals surface area contributed by atoms with Crippen LogP contribution >= 0.6 is 22.7 Å². The number of thiophene rings is 1. The fourth-order valence-electron chi connectivity index (χ4n) is 2.31. The first-order valence-electron chi connectivity index (χ1n) is 6.80. The molecule has 114 valence electrons. The van der Waals surface area contributed by atoms with Crippen LogP contribution in [0.1, 0.15) is 21.1 Å². The number of aromatic nitrogens is 1. The Hall–Kier alpha value is -1.92. The fraction of sp³-hybridized carbons (Fsp3) is 0.250. The number of aryl methyl sites for hydroxylation is 2. The van der Waals surface area contributed by atoms with E-state index in [-0.39, 0.29) is 6.42 Å². The van der Waals surface area contributed by atoms with Crippen molar-refractivity contribution in [2.45, 2.75) is 26.9 Å². The van der Waals surface area contributed by atoms with Crippen molar-refractivity contribution in [2.24, 2.45) is 0 Å². The number of nitrogens with zero attached hydrogens (tertiary/aromatic N) is 1. The van der Waals surface area contributed by atoms with Crippen molar-refractivity contribution in [3.8, 4) is 5.75 Å². The summed E-state index contributed by atoms with van der Waals surface area (Å²) >= 11 is 3.20. The molecule has 3 aromatic rings. The van der Waals surface area contributed by atoms with Crippen molar-refractivity contribution in [3.63, 3.8) is 0 Å². The molecule has 2 aromatic heterocycles. The van der Waals surface area contributed by atoms with Crippen molar-refractivity contribution in [2.75, 3.05) is 0 Å². The van der Waals surface area contributed by atoms with E-state index in [9.17, 15) is 4.79 Å². The van der Waals surface area contributed by atoms with Crippen molar-refractivity contribution >= 4 is 38.7 Å². The van der Waals surface area contributed by atoms with E-state index < -0.39 is 5.97 Å². The van der Waals surface area contributed by atoms with Gasteiger partial charge in [0.2, 0.25) is 0 Å². The summed E-state index contributed by atoms with van der Waals surface area (Å²) in [7, 11) is 0. The van der Waals surface area contributed by atoms with E-state index in [1.807, 2.05) is 37.4 Å². The summed E-state index contributed by atoms with van der Waals surface area (Å²) in [6, 6.07) is 5.79. The number of aliphatic carboxylic acids is 1. The largest absolute Gasteiger partial charge is 0.488 e. The molecule has 4 nitrogen and oxygen atoms in total. The number of hydrogen-bond acceptors (Lipinski definition) is 5. The van der Waals surface area contributed by atoms with E-state index in [0.717, 1.165) is 37.0 Å². The quantitative estimate of drug-likeness (QED) is 0.761. The molecule has 0 aliphatic heterocycles. The van der Waals surface area contributed by atoms with Gasteiger partial charge in [0.15, 0.2) is 0 Å². The molecule has 0 unspecified atom stereocenters. The minimum absolute atomic E-state index is 0.0551. The van der Waals surface area contributed by atoms with E-state index in [4.69, 9.17) is 9.84 Å². The SMILES string of the molecule is Cc1nc(C)c(COc2ccc3c(CC(=O)O)csc3c2)s1. The first-order valence-corrected chi connectivity index (χ1v) is 8.50. The normalized spacial score (nSPS) is 11.0. The minimum atomic E-state index is -0.809. The van der Waals surface area contributed by atoms with E-state index in [1.54, 1.807) is 22.7 Å². The van der Waals surface area contributed by atoms with Crippen LogP contribution in [0.5, 0.6) is 5.75 Å². The monoisotopic (exact) mass is 333 g/mol. The maximum absolute atomic E-state index is 10.8. The van der Waals surface area contributed by atoms with Crippen molar-refractivity contribution in [3.05, 3.63) is 44.7 Å². The molecule has 1 aromatic carbocycles. The van der Waals surface area contributed by atoms with Gasteiger partial charge in [-0.15, -0.1) is 22.7 Å². The van der Waals surface area contributed by atoms with E-state index in [1.165, 1.54) is 0 Å². The molecule has 6 heteroatoms. The smallest absolute Gasteiger partial charge is 0.307 e. The van der Waals surface area contributed by atoms with Gasteiger partial charge in [-0.05, 0) is 48.4 Å². The van der Waals surface area contributed by atoms with Gasteiger partial charge in [0.25, 0.3) is 0 Å². The second kappa shape index (κ2) is 6.06. The summed E-state index contributed by atoms with van der Waals surface area (Å²) in [5, 5.41) is 12.8. The number of carboxylic acids is 1. The summed E-state index contributed by atoms with van der Waals surface area (Å²) in [4.78, 5) is 16.4. The summed E-state index contributed by atoms with van der Waals surface area (Å²) in [6.45, 7) is 4.49. The zero-order chi connectivity index (χ0) is 15.7. The number of fused-ring (bicyclic) bond motifs is 1. The Morgan fingerprint density at radius 2 is 2.18 bits per heavy atom. The van der Waals surface area contributed by atoms with Crippen molar-refractivity contribution in [1.82, 2.24) is 4.98 Å². The molecule has 0 spiro atoms. The number of carbonyl (C=O) groups is 1. The van der Waals surface area contributed by atoms with Crippen LogP contribution in [-0.2, 0) is 17.8 Å². The first-order chi connectivity index (χ1) is 10.5. The fourth-order valence-corrected chi connectivity index (χ4v) is 4.15. The highest BCUT2D eigenvalue weighted by atomic mass is 32.1. The Morgan fingerprint density at radius 1 is 1.36 bits per heavy atom. The second-order valence-electron chi connectivity index (χ2n) is 5.02. The van der Waals surface area contributed by atoms with Gasteiger partial charge in [-0.25, -0.2) is 4.98 Å². The average molecular weight is 333 g/mol. The lowest BCUT2D eigenvalue weighted by molar-refractivity contribution is -0.136. The van der Waals surface area contributed by atoms with Crippen LogP contribution in [0.2, 0.25) is 0 Å². The Balaban J connectivity index is 1.78. The number of benzene rings is 1. The topological polar surface area (TPSA) is 59.4 Å². The van der Waals surface area contributed by atoms with Crippen molar-refractivity contribution in [1.29, 1.82) is 0 Å². The van der Waals surface area contributed by atoms with Gasteiger partial charge in [-0.2, -0.15) is 0 Å². The maximum atomic E-state index is 10.8. The van der Waals surface area contributed by atoms with Crippen molar-refractivity contribution < 1.29 is 14.6 Å². The standard InChI is InChI=1S/C16H15NO3S2/c1-9-15(22-10(2)17-9)7-20-12-3-4-13-11(5-16(18)19)8-21-14(13)6-12/h3-4,6,8H,5,7H2,1-2H3,(H,18,19). The number of rotatable bonds is 5. The highest BCUT2D eigenvalue weighted by Gasteiger charge is 2.10. The third kappa shape index (κ3) is 3.13. The molecular weight excluding hydrogens is 318 g/mol. The maximum Gasteiger partial charge on any atom is 0.307 e. The molecule has 0 bridgehead atoms. The van der Waals surface area contributed by atoms with Gasteiger partial charge in [-0.3, -0.25) is 4.79 Å². The number of ether oxygens (including phenoxy) is 1. The van der Waals surface area contributed by atoms with Gasteiger partial charge in [0.05, 0.1) is 22.0 Å². The lowest BCUT2D eigenvalue weighted by Crippen LogP contribution is -1.98. The third-order valence-corrected chi connectivity index (χ3v) is 5.38. The lowest BCUT2D eigenvalue weighted by atomic mass is 10.1. The van der Waals surface area contributed by atoms with Gasteiger partial charge < -0.3 is 9.84 Å². The van der Waals surface area contributed by atoms with Crippen LogP contribution in [-0.4, -0.2) is 16.1 Å². The highest BCUT2D eigenvalue weighted by Crippen LogP contribution is 2.30. The highest BCUT2D eigenvalue weighted by molar-refractivity contribution is 7.17. The molecule has 0 radical (unpaired) electrons. The average Bonchev–Trinajstić information content (AvgIpc) is 2.99. The predicted octanol–water partition coefficient (Wildman–Crippen LogP) is 4.18. The van der Waals surface area contributed by atoms with Gasteiger partial charge >= 0.3 is 5.97 Å². The molecular formula is C16H15NO3S2. The van der Waals surface area contributed by atoms with E-state index >= 15 is 0 Å². The van der Waals surface area contributed by atoms with Crippen LogP contribution in [0.15, 0.2) is 23.6 Å². The second-order valence-corrected chi connectivity index (χ2v) is 7.22. The van der Waals surface area contributed by atoms with Crippen LogP contribution in [0, 0.1) is 13.8 Å². The van der Waals surface area contributed by atoms with Crippen LogP contribution in [0.25, 0.3) is 10.1 Å². The van der Waals surface area contributed by atoms with E-state index in [2.05, 4.69) is 4.98 Å². The zero-order valence-corrected chi connectivity index (χ0v) is 13.9. The molecule has 0 atom stereocenters. The summed E-state index contributed by atoms with van der Waals surface area (Å²) in [6.07, 6.45) is 0.0551. The molecule has 1 N–H and O–H groups in total. The molecule has 0 saturated heterocycles. The van der Waals surface area contributed by atoms with Gasteiger partial charge in [0, 0.05) is 4.70 Å². The third-order valence-electron chi connectivity index (χ3n) is 3.34. The van der Waals surface area contributed by atoms with E-state index in [0.29, 0.717) is 6.61 Å². The first kappa shape index (κ1) is 15.0. The van der Waals surface area contributed by atoms with Crippen LogP contribution < -0.4 is 4.74 Å². The zero-order valence-electron chi connectivity index (χ0n) is 12.3. The summed E-state index contributed by atoms with van der Waals surface area (Å²) < 4.78 is 6.89. The molecule has 0 aliphatic carbocycles. The number of thiazole rings is 1. The molecule has 0 amide bonds. The molecule has 2 heterocycles. The molecule has 0 aliphatic rings. The van der Waals surface area contributed by atoms with Gasteiger partial charge in [0.1, 0.15) is 12.4 Å². The van der Waals surface area contributed by atoms with Crippen LogP contribution in [0.3, 0.4) is 0 Å². The lowest BCUT2D eigenvalue weighted by Gasteiger charge is -2.05. The number of hydrogen-bond donors (Lipinski definition) is 1. The Labute approximate surface area is 136 Å². The van der Waals surface area contributed by atoms with Crippen LogP contribution in [0.4, 0.5) is 0 Å². The molecule has 0 fully saturated rings.